The van der Waals surface area contributed by atoms with Crippen molar-refractivity contribution in [2.24, 2.45) is 0 Å². The number of carboxylic acid groups (broad SMARTS) is 1. The molecular weight excluding hydrogens is 424 g/mol. The molecule has 1 aliphatic heterocycles. The van der Waals surface area contributed by atoms with Gasteiger partial charge in [-0.25, -0.2) is 9.59 Å². The van der Waals surface area contributed by atoms with E-state index in [2.05, 4.69) is 29.6 Å². The van der Waals surface area contributed by atoms with Crippen LogP contribution in [0, 0.1) is 0 Å². The average Bonchev–Trinajstić information content (AvgIpc) is 3.16. The summed E-state index contributed by atoms with van der Waals surface area (Å²) in [5.74, 6) is -1.33. The maximum atomic E-state index is 12.5. The van der Waals surface area contributed by atoms with Gasteiger partial charge in [0, 0.05) is 32.5 Å². The Bertz CT molecular complexity index is 1010. The van der Waals surface area contributed by atoms with Crippen molar-refractivity contribution in [1.29, 1.82) is 0 Å². The lowest BCUT2D eigenvalue weighted by Gasteiger charge is -2.38. The van der Waals surface area contributed by atoms with Crippen LogP contribution < -0.4 is 5.32 Å². The molecule has 0 bridgehead atoms. The van der Waals surface area contributed by atoms with Gasteiger partial charge in [0.15, 0.2) is 5.60 Å². The number of amides is 2. The number of benzene rings is 2. The summed E-state index contributed by atoms with van der Waals surface area (Å²) in [6, 6.07) is 16.2. The van der Waals surface area contributed by atoms with Gasteiger partial charge in [0.25, 0.3) is 0 Å². The van der Waals surface area contributed by atoms with E-state index >= 15 is 0 Å². The van der Waals surface area contributed by atoms with E-state index < -0.39 is 17.7 Å². The molecule has 174 valence electrons. The Morgan fingerprint density at radius 2 is 1.73 bits per heavy atom. The number of ether oxygens (including phenoxy) is 2. The minimum absolute atomic E-state index is 0.00259. The first-order chi connectivity index (χ1) is 15.9. The summed E-state index contributed by atoms with van der Waals surface area (Å²) in [6.07, 6.45) is 0.385. The molecule has 8 nitrogen and oxygen atoms in total. The van der Waals surface area contributed by atoms with E-state index in [4.69, 9.17) is 9.47 Å². The number of carbonyl (C=O) groups excluding carboxylic acids is 2. The highest BCUT2D eigenvalue weighted by Gasteiger charge is 2.43. The van der Waals surface area contributed by atoms with E-state index in [1.54, 1.807) is 0 Å². The van der Waals surface area contributed by atoms with Crippen molar-refractivity contribution in [2.75, 3.05) is 33.4 Å². The molecule has 0 saturated carbocycles. The van der Waals surface area contributed by atoms with E-state index in [-0.39, 0.29) is 37.9 Å². The summed E-state index contributed by atoms with van der Waals surface area (Å²) in [5.41, 5.74) is 3.21. The molecule has 2 amide bonds. The number of carboxylic acids is 1. The van der Waals surface area contributed by atoms with Crippen molar-refractivity contribution in [3.05, 3.63) is 59.7 Å². The van der Waals surface area contributed by atoms with Gasteiger partial charge in [0.1, 0.15) is 6.61 Å². The highest BCUT2D eigenvalue weighted by molar-refractivity contribution is 5.82. The van der Waals surface area contributed by atoms with Crippen molar-refractivity contribution in [3.8, 4) is 11.1 Å². The van der Waals surface area contributed by atoms with Crippen LogP contribution in [-0.4, -0.2) is 66.9 Å². The summed E-state index contributed by atoms with van der Waals surface area (Å²) >= 11 is 0. The van der Waals surface area contributed by atoms with Crippen LogP contribution in [0.4, 0.5) is 4.79 Å². The molecule has 2 aliphatic rings. The van der Waals surface area contributed by atoms with Crippen molar-refractivity contribution in [3.63, 3.8) is 0 Å². The van der Waals surface area contributed by atoms with Crippen molar-refractivity contribution < 1.29 is 29.0 Å². The van der Waals surface area contributed by atoms with Gasteiger partial charge >= 0.3 is 12.1 Å². The lowest BCUT2D eigenvalue weighted by Crippen LogP contribution is -2.56. The van der Waals surface area contributed by atoms with Gasteiger partial charge in [0.2, 0.25) is 5.91 Å². The van der Waals surface area contributed by atoms with Crippen LogP contribution >= 0.6 is 0 Å². The highest BCUT2D eigenvalue weighted by Crippen LogP contribution is 2.44. The van der Waals surface area contributed by atoms with Gasteiger partial charge in [-0.15, -0.1) is 0 Å². The zero-order valence-corrected chi connectivity index (χ0v) is 18.6. The van der Waals surface area contributed by atoms with Crippen LogP contribution in [0.2, 0.25) is 0 Å². The number of nitrogens with one attached hydrogen (secondary N) is 1. The molecule has 1 atom stereocenters. The van der Waals surface area contributed by atoms with E-state index in [0.29, 0.717) is 19.4 Å². The van der Waals surface area contributed by atoms with Crippen LogP contribution in [0.5, 0.6) is 0 Å². The van der Waals surface area contributed by atoms with Crippen molar-refractivity contribution >= 4 is 18.0 Å². The summed E-state index contributed by atoms with van der Waals surface area (Å²) < 4.78 is 10.7. The van der Waals surface area contributed by atoms with E-state index in [1.165, 1.54) is 12.0 Å². The fraction of sp³-hybridized carbons (Fsp3) is 0.400. The number of hydrogen-bond donors (Lipinski definition) is 2. The van der Waals surface area contributed by atoms with Crippen molar-refractivity contribution in [1.82, 2.24) is 10.2 Å². The number of rotatable bonds is 7. The Hall–Kier alpha value is -3.39. The third kappa shape index (κ3) is 4.57. The van der Waals surface area contributed by atoms with Gasteiger partial charge in [-0.05, 0) is 35.1 Å². The zero-order valence-electron chi connectivity index (χ0n) is 18.6. The normalized spacial score (nSPS) is 19.5. The van der Waals surface area contributed by atoms with Crippen LogP contribution in [0.3, 0.4) is 0 Å². The Balaban J connectivity index is 1.27. The van der Waals surface area contributed by atoms with Gasteiger partial charge in [-0.2, -0.15) is 0 Å². The molecule has 2 N–H and O–H groups in total. The van der Waals surface area contributed by atoms with Crippen LogP contribution in [0.1, 0.15) is 36.3 Å². The molecule has 8 heteroatoms. The van der Waals surface area contributed by atoms with E-state index in [1.807, 2.05) is 24.3 Å². The summed E-state index contributed by atoms with van der Waals surface area (Å²) in [7, 11) is 1.35. The number of nitrogens with zero attached hydrogens (tertiary/aromatic N) is 1. The molecule has 1 unspecified atom stereocenters. The fourth-order valence-corrected chi connectivity index (χ4v) is 4.74. The predicted octanol–water partition coefficient (Wildman–Crippen LogP) is 3.01. The predicted molar refractivity (Wildman–Crippen MR) is 121 cm³/mol. The molecule has 0 aromatic heterocycles. The topological polar surface area (TPSA) is 105 Å². The third-order valence-corrected chi connectivity index (χ3v) is 6.54. The molecule has 2 aromatic rings. The molecule has 1 aliphatic carbocycles. The quantitative estimate of drug-likeness (QED) is 0.669. The van der Waals surface area contributed by atoms with E-state index in [9.17, 15) is 19.5 Å². The molecule has 1 fully saturated rings. The van der Waals surface area contributed by atoms with Crippen LogP contribution in [0.15, 0.2) is 48.5 Å². The summed E-state index contributed by atoms with van der Waals surface area (Å²) in [5, 5.41) is 12.1. The molecule has 33 heavy (non-hydrogen) atoms. The number of aliphatic carboxylic acids is 1. The number of hydrogen-bond acceptors (Lipinski definition) is 5. The lowest BCUT2D eigenvalue weighted by atomic mass is 9.92. The minimum atomic E-state index is -1.37. The third-order valence-electron chi connectivity index (χ3n) is 6.54. The Morgan fingerprint density at radius 3 is 2.33 bits per heavy atom. The second-order valence-electron chi connectivity index (χ2n) is 8.42. The zero-order chi connectivity index (χ0) is 23.4. The molecule has 0 radical (unpaired) electrons. The van der Waals surface area contributed by atoms with Crippen LogP contribution in [-0.2, 0) is 19.1 Å². The maximum absolute atomic E-state index is 12.5. The molecule has 2 aromatic carbocycles. The average molecular weight is 453 g/mol. The number of fused-ring (bicyclic) bond motifs is 3. The Kier molecular flexibility index (Phi) is 6.65. The number of carbonyl (C=O) groups is 3. The fourth-order valence-electron chi connectivity index (χ4n) is 4.74. The number of methoxy groups -OCH3 is 1. The Labute approximate surface area is 192 Å². The van der Waals surface area contributed by atoms with Gasteiger partial charge in [0.05, 0.1) is 6.54 Å². The number of likely N-dealkylation sites (tertiary alicyclic amines) is 1. The minimum Gasteiger partial charge on any atom is -0.479 e. The van der Waals surface area contributed by atoms with E-state index in [0.717, 1.165) is 22.3 Å². The lowest BCUT2D eigenvalue weighted by molar-refractivity contribution is -0.171. The first-order valence-corrected chi connectivity index (χ1v) is 11.1. The smallest absolute Gasteiger partial charge is 0.407 e. The maximum Gasteiger partial charge on any atom is 0.407 e. The molecular formula is C25H28N2O6. The first kappa shape index (κ1) is 22.8. The molecule has 1 saturated heterocycles. The monoisotopic (exact) mass is 452 g/mol. The van der Waals surface area contributed by atoms with Gasteiger partial charge in [-0.3, -0.25) is 4.79 Å². The molecule has 0 spiro atoms. The molecule has 1 heterocycles. The Morgan fingerprint density at radius 1 is 1.09 bits per heavy atom. The summed E-state index contributed by atoms with van der Waals surface area (Å²) in [6.45, 7) is 0.790. The number of piperidine rings is 1. The highest BCUT2D eigenvalue weighted by atomic mass is 16.5. The largest absolute Gasteiger partial charge is 0.479 e. The summed E-state index contributed by atoms with van der Waals surface area (Å²) in [4.78, 5) is 37.9. The second kappa shape index (κ2) is 9.62. The van der Waals surface area contributed by atoms with Crippen molar-refractivity contribution in [2.45, 2.75) is 30.8 Å². The van der Waals surface area contributed by atoms with Crippen LogP contribution in [0.25, 0.3) is 11.1 Å². The SMILES string of the molecule is COC1(C(=O)O)CCCN(C(=O)CCNC(=O)OCC2c3ccccc3-c3ccccc32)C1. The second-order valence-corrected chi connectivity index (χ2v) is 8.42. The van der Waals surface area contributed by atoms with Gasteiger partial charge < -0.3 is 24.8 Å². The first-order valence-electron chi connectivity index (χ1n) is 11.1. The standard InChI is InChI=1S/C25H28N2O6/c1-32-25(23(29)30)12-6-14-27(16-25)22(28)11-13-26-24(31)33-15-21-19-9-4-2-7-17(19)18-8-3-5-10-20(18)21/h2-5,7-10,21H,6,11-16H2,1H3,(H,26,31)(H,29,30). The molecule has 4 rings (SSSR count). The van der Waals surface area contributed by atoms with Gasteiger partial charge in [-0.1, -0.05) is 48.5 Å². The number of alkyl carbamates (subject to hydrolysis) is 1.